The van der Waals surface area contributed by atoms with Gasteiger partial charge in [0, 0.05) is 0 Å². The molecule has 0 spiro atoms. The zero-order chi connectivity index (χ0) is 14.0. The largest absolute Gasteiger partial charge is 0.460 e. The van der Waals surface area contributed by atoms with Crippen LogP contribution >= 0.6 is 0 Å². The average Bonchev–Trinajstić information content (AvgIpc) is 2.34. The van der Waals surface area contributed by atoms with Gasteiger partial charge in [-0.15, -0.1) is 0 Å². The topological polar surface area (TPSA) is 43.4 Å². The quantitative estimate of drug-likeness (QED) is 0.211. The lowest BCUT2D eigenvalue weighted by Crippen LogP contribution is -2.22. The van der Waals surface area contributed by atoms with Crippen molar-refractivity contribution in [1.82, 2.24) is 0 Å². The van der Waals surface area contributed by atoms with Gasteiger partial charge in [0.2, 0.25) is 5.82 Å². The molecule has 3 nitrogen and oxygen atoms in total. The predicted octanol–water partition coefficient (Wildman–Crippen LogP) is 2.13. The minimum Gasteiger partial charge on any atom is -0.460 e. The Morgan fingerprint density at radius 2 is 1.28 bits per heavy atom. The number of halogens is 5. The lowest BCUT2D eigenvalue weighted by molar-refractivity contribution is -0.137. The van der Waals surface area contributed by atoms with E-state index in [2.05, 4.69) is 4.74 Å². The van der Waals surface area contributed by atoms with Gasteiger partial charge in [0.05, 0.1) is 6.61 Å². The Morgan fingerprint density at radius 3 is 1.67 bits per heavy atom. The molecular formula is C10H5F5O3. The van der Waals surface area contributed by atoms with Gasteiger partial charge >= 0.3 is 5.97 Å². The van der Waals surface area contributed by atoms with Crippen molar-refractivity contribution in [2.24, 2.45) is 0 Å². The maximum absolute atomic E-state index is 13.1. The van der Waals surface area contributed by atoms with Crippen molar-refractivity contribution in [2.45, 2.75) is 6.92 Å². The molecule has 0 atom stereocenters. The van der Waals surface area contributed by atoms with Crippen molar-refractivity contribution in [1.29, 1.82) is 0 Å². The smallest absolute Gasteiger partial charge is 0.379 e. The molecule has 98 valence electrons. The normalized spacial score (nSPS) is 10.3. The highest BCUT2D eigenvalue weighted by Crippen LogP contribution is 2.23. The van der Waals surface area contributed by atoms with Gasteiger partial charge in [0.15, 0.2) is 23.3 Å². The van der Waals surface area contributed by atoms with E-state index in [1.54, 1.807) is 0 Å². The molecule has 0 bridgehead atoms. The van der Waals surface area contributed by atoms with E-state index in [1.165, 1.54) is 6.92 Å². The van der Waals surface area contributed by atoms with Crippen LogP contribution in [0.5, 0.6) is 0 Å². The van der Waals surface area contributed by atoms with Gasteiger partial charge in [-0.1, -0.05) is 0 Å². The summed E-state index contributed by atoms with van der Waals surface area (Å²) < 4.78 is 68.5. The minimum absolute atomic E-state index is 0.292. The number of hydrogen-bond acceptors (Lipinski definition) is 3. The molecule has 0 heterocycles. The Morgan fingerprint density at radius 1 is 0.889 bits per heavy atom. The number of Topliss-reactive ketones (excluding diaryl/α,β-unsaturated/α-hetero) is 1. The van der Waals surface area contributed by atoms with Gasteiger partial charge in [0.1, 0.15) is 5.56 Å². The lowest BCUT2D eigenvalue weighted by Gasteiger charge is -2.06. The van der Waals surface area contributed by atoms with Crippen LogP contribution in [0.15, 0.2) is 0 Å². The zero-order valence-electron chi connectivity index (χ0n) is 8.82. The second-order valence-electron chi connectivity index (χ2n) is 2.99. The molecule has 0 aliphatic rings. The Bertz CT molecular complexity index is 498. The predicted molar refractivity (Wildman–Crippen MR) is 47.2 cm³/mol. The number of ether oxygens (including phenoxy) is 1. The summed E-state index contributed by atoms with van der Waals surface area (Å²) in [6, 6.07) is 0. The summed E-state index contributed by atoms with van der Waals surface area (Å²) in [5.41, 5.74) is -1.83. The molecule has 0 aliphatic heterocycles. The second-order valence-corrected chi connectivity index (χ2v) is 2.99. The molecule has 1 aromatic rings. The lowest BCUT2D eigenvalue weighted by atomic mass is 10.1. The first-order chi connectivity index (χ1) is 8.32. The maximum Gasteiger partial charge on any atom is 0.379 e. The summed E-state index contributed by atoms with van der Waals surface area (Å²) in [5.74, 6) is -15.4. The number of carbonyl (C=O) groups excluding carboxylic acids is 2. The molecule has 0 aliphatic carbocycles. The number of hydrogen-bond donors (Lipinski definition) is 0. The van der Waals surface area contributed by atoms with Crippen LogP contribution in [0.25, 0.3) is 0 Å². The van der Waals surface area contributed by atoms with Crippen LogP contribution in [0.2, 0.25) is 0 Å². The van der Waals surface area contributed by atoms with E-state index in [0.29, 0.717) is 0 Å². The van der Waals surface area contributed by atoms with Crippen LogP contribution in [0.4, 0.5) is 22.0 Å². The molecule has 1 rings (SSSR count). The minimum atomic E-state index is -2.41. The third-order valence-electron chi connectivity index (χ3n) is 1.90. The van der Waals surface area contributed by atoms with Crippen molar-refractivity contribution in [3.8, 4) is 0 Å². The second kappa shape index (κ2) is 5.11. The first-order valence-corrected chi connectivity index (χ1v) is 4.55. The standard InChI is InChI=1S/C10H5F5O3/c1-2-18-10(17)9(16)3-4(11)6(13)8(15)7(14)5(3)12/h2H2,1H3. The Balaban J connectivity index is 3.42. The highest BCUT2D eigenvalue weighted by atomic mass is 19.2. The van der Waals surface area contributed by atoms with E-state index >= 15 is 0 Å². The van der Waals surface area contributed by atoms with Crippen LogP contribution in [0.3, 0.4) is 0 Å². The summed E-state index contributed by atoms with van der Waals surface area (Å²) in [6.07, 6.45) is 0. The molecule has 0 aromatic heterocycles. The monoisotopic (exact) mass is 268 g/mol. The molecule has 0 N–H and O–H groups in total. The SMILES string of the molecule is CCOC(=O)C(=O)c1c(F)c(F)c(F)c(F)c1F. The van der Waals surface area contributed by atoms with E-state index in [-0.39, 0.29) is 6.61 Å². The first-order valence-electron chi connectivity index (χ1n) is 4.55. The van der Waals surface area contributed by atoms with Crippen molar-refractivity contribution in [3.63, 3.8) is 0 Å². The van der Waals surface area contributed by atoms with Gasteiger partial charge in [-0.3, -0.25) is 4.79 Å². The van der Waals surface area contributed by atoms with Gasteiger partial charge < -0.3 is 4.74 Å². The number of ketones is 1. The van der Waals surface area contributed by atoms with E-state index < -0.39 is 46.4 Å². The van der Waals surface area contributed by atoms with Crippen LogP contribution in [-0.2, 0) is 9.53 Å². The number of esters is 1. The van der Waals surface area contributed by atoms with Crippen LogP contribution < -0.4 is 0 Å². The summed E-state index contributed by atoms with van der Waals surface area (Å²) >= 11 is 0. The molecular weight excluding hydrogens is 263 g/mol. The van der Waals surface area contributed by atoms with E-state index in [4.69, 9.17) is 0 Å². The number of rotatable bonds is 3. The van der Waals surface area contributed by atoms with Gasteiger partial charge in [0.25, 0.3) is 5.78 Å². The summed E-state index contributed by atoms with van der Waals surface area (Å²) in [6.45, 7) is 1.00. The number of carbonyl (C=O) groups is 2. The van der Waals surface area contributed by atoms with Crippen LogP contribution in [0.1, 0.15) is 17.3 Å². The van der Waals surface area contributed by atoms with Gasteiger partial charge in [-0.2, -0.15) is 0 Å². The molecule has 1 aromatic carbocycles. The van der Waals surface area contributed by atoms with E-state index in [1.807, 2.05) is 0 Å². The first kappa shape index (κ1) is 14.1. The third kappa shape index (κ3) is 2.18. The Hall–Kier alpha value is -1.99. The number of benzene rings is 1. The van der Waals surface area contributed by atoms with Crippen molar-refractivity contribution in [2.75, 3.05) is 6.61 Å². The molecule has 0 unspecified atom stereocenters. The van der Waals surface area contributed by atoms with Crippen molar-refractivity contribution in [3.05, 3.63) is 34.6 Å². The summed E-state index contributed by atoms with van der Waals surface area (Å²) in [4.78, 5) is 22.1. The van der Waals surface area contributed by atoms with Crippen molar-refractivity contribution >= 4 is 11.8 Å². The Labute approximate surface area is 97.2 Å². The molecule has 18 heavy (non-hydrogen) atoms. The average molecular weight is 268 g/mol. The van der Waals surface area contributed by atoms with Crippen molar-refractivity contribution < 1.29 is 36.3 Å². The molecule has 0 radical (unpaired) electrons. The van der Waals surface area contributed by atoms with E-state index in [9.17, 15) is 31.5 Å². The summed E-state index contributed by atoms with van der Waals surface area (Å²) in [5, 5.41) is 0. The third-order valence-corrected chi connectivity index (χ3v) is 1.90. The molecule has 0 saturated carbocycles. The Kier molecular flexibility index (Phi) is 4.00. The van der Waals surface area contributed by atoms with Crippen LogP contribution in [0, 0.1) is 29.1 Å². The fourth-order valence-corrected chi connectivity index (χ4v) is 1.10. The molecule has 0 saturated heterocycles. The molecule has 0 fully saturated rings. The van der Waals surface area contributed by atoms with Gasteiger partial charge in [-0.05, 0) is 6.92 Å². The highest BCUT2D eigenvalue weighted by molar-refractivity contribution is 6.40. The fraction of sp³-hybridized carbons (Fsp3) is 0.200. The van der Waals surface area contributed by atoms with E-state index in [0.717, 1.165) is 0 Å². The zero-order valence-corrected chi connectivity index (χ0v) is 8.82. The molecule has 0 amide bonds. The van der Waals surface area contributed by atoms with Crippen LogP contribution in [-0.4, -0.2) is 18.4 Å². The maximum atomic E-state index is 13.1. The summed E-state index contributed by atoms with van der Waals surface area (Å²) in [7, 11) is 0. The highest BCUT2D eigenvalue weighted by Gasteiger charge is 2.33. The molecule has 8 heteroatoms. The van der Waals surface area contributed by atoms with Gasteiger partial charge in [-0.25, -0.2) is 26.7 Å². The fourth-order valence-electron chi connectivity index (χ4n) is 1.10.